The summed E-state index contributed by atoms with van der Waals surface area (Å²) >= 11 is 7.17. The predicted octanol–water partition coefficient (Wildman–Crippen LogP) is 5.42. The molecule has 3 aromatic rings. The summed E-state index contributed by atoms with van der Waals surface area (Å²) in [6.45, 7) is 3.12. The average Bonchev–Trinajstić information content (AvgIpc) is 3.04. The molecule has 98 valence electrons. The Bertz CT molecular complexity index is 686. The van der Waals surface area contributed by atoms with Gasteiger partial charge in [-0.15, -0.1) is 22.7 Å². The zero-order valence-corrected chi connectivity index (χ0v) is 13.7. The van der Waals surface area contributed by atoms with Gasteiger partial charge in [0.1, 0.15) is 0 Å². The molecular formula is C15H14BrNS2. The third kappa shape index (κ3) is 2.63. The molecule has 2 aromatic heterocycles. The standard InChI is InChI=1S/C15H14BrNS2/c1-2-17-14(13-8-11(16)9-19-13)12-5-3-4-10-6-7-18-15(10)12/h3-9,14,17H,2H2,1H3. The molecule has 1 unspecified atom stereocenters. The molecular weight excluding hydrogens is 338 g/mol. The number of rotatable bonds is 4. The lowest BCUT2D eigenvalue weighted by Gasteiger charge is -2.17. The Balaban J connectivity index is 2.11. The number of benzene rings is 1. The van der Waals surface area contributed by atoms with Gasteiger partial charge in [-0.05, 0) is 50.9 Å². The van der Waals surface area contributed by atoms with Crippen LogP contribution in [0.2, 0.25) is 0 Å². The van der Waals surface area contributed by atoms with Gasteiger partial charge in [0.15, 0.2) is 0 Å². The maximum atomic E-state index is 3.61. The molecule has 0 saturated heterocycles. The van der Waals surface area contributed by atoms with Gasteiger partial charge in [-0.1, -0.05) is 25.1 Å². The van der Waals surface area contributed by atoms with E-state index in [0.717, 1.165) is 11.0 Å². The van der Waals surface area contributed by atoms with E-state index in [2.05, 4.69) is 69.3 Å². The molecule has 0 aliphatic carbocycles. The van der Waals surface area contributed by atoms with Crippen LogP contribution in [0, 0.1) is 0 Å². The normalized spacial score (nSPS) is 12.9. The van der Waals surface area contributed by atoms with Crippen molar-refractivity contribution in [2.45, 2.75) is 13.0 Å². The summed E-state index contributed by atoms with van der Waals surface area (Å²) in [7, 11) is 0. The van der Waals surface area contributed by atoms with Crippen LogP contribution >= 0.6 is 38.6 Å². The highest BCUT2D eigenvalue weighted by molar-refractivity contribution is 9.10. The van der Waals surface area contributed by atoms with Crippen molar-refractivity contribution in [2.75, 3.05) is 6.54 Å². The minimum atomic E-state index is 0.281. The van der Waals surface area contributed by atoms with Crippen molar-refractivity contribution in [3.05, 3.63) is 56.0 Å². The smallest absolute Gasteiger partial charge is 0.0685 e. The lowest BCUT2D eigenvalue weighted by Crippen LogP contribution is -2.21. The number of hydrogen-bond acceptors (Lipinski definition) is 3. The van der Waals surface area contributed by atoms with Crippen LogP contribution in [-0.2, 0) is 0 Å². The van der Waals surface area contributed by atoms with E-state index < -0.39 is 0 Å². The van der Waals surface area contributed by atoms with E-state index in [-0.39, 0.29) is 6.04 Å². The van der Waals surface area contributed by atoms with Crippen LogP contribution in [0.3, 0.4) is 0 Å². The highest BCUT2D eigenvalue weighted by atomic mass is 79.9. The van der Waals surface area contributed by atoms with Gasteiger partial charge in [0.25, 0.3) is 0 Å². The van der Waals surface area contributed by atoms with Gasteiger partial charge in [-0.25, -0.2) is 0 Å². The molecule has 0 amide bonds. The molecule has 2 heterocycles. The fourth-order valence-electron chi connectivity index (χ4n) is 2.29. The Morgan fingerprint density at radius 3 is 2.89 bits per heavy atom. The van der Waals surface area contributed by atoms with Gasteiger partial charge in [0, 0.05) is 19.4 Å². The molecule has 0 saturated carbocycles. The molecule has 19 heavy (non-hydrogen) atoms. The summed E-state index contributed by atoms with van der Waals surface area (Å²) in [4.78, 5) is 1.36. The Hall–Kier alpha value is -0.680. The summed E-state index contributed by atoms with van der Waals surface area (Å²) in [5.74, 6) is 0. The van der Waals surface area contributed by atoms with Gasteiger partial charge in [0.05, 0.1) is 6.04 Å². The molecule has 0 aliphatic heterocycles. The Labute approximate surface area is 129 Å². The van der Waals surface area contributed by atoms with E-state index in [0.29, 0.717) is 0 Å². The summed E-state index contributed by atoms with van der Waals surface area (Å²) < 4.78 is 2.55. The zero-order valence-electron chi connectivity index (χ0n) is 10.5. The SMILES string of the molecule is CCNC(c1cc(Br)cs1)c1cccc2ccsc12. The number of thiophene rings is 2. The summed E-state index contributed by atoms with van der Waals surface area (Å²) in [6.07, 6.45) is 0. The summed E-state index contributed by atoms with van der Waals surface area (Å²) in [5.41, 5.74) is 1.38. The van der Waals surface area contributed by atoms with E-state index >= 15 is 0 Å². The van der Waals surface area contributed by atoms with Crippen LogP contribution in [0.5, 0.6) is 0 Å². The maximum Gasteiger partial charge on any atom is 0.0685 e. The zero-order chi connectivity index (χ0) is 13.2. The van der Waals surface area contributed by atoms with Crippen LogP contribution < -0.4 is 5.32 Å². The Kier molecular flexibility index (Phi) is 4.03. The van der Waals surface area contributed by atoms with E-state index in [9.17, 15) is 0 Å². The largest absolute Gasteiger partial charge is 0.306 e. The predicted molar refractivity (Wildman–Crippen MR) is 89.4 cm³/mol. The second-order valence-corrected chi connectivity index (χ2v) is 7.12. The Morgan fingerprint density at radius 1 is 1.26 bits per heavy atom. The fraction of sp³-hybridized carbons (Fsp3) is 0.200. The van der Waals surface area contributed by atoms with Crippen LogP contribution in [-0.4, -0.2) is 6.54 Å². The second-order valence-electron chi connectivity index (χ2n) is 4.34. The second kappa shape index (κ2) is 5.75. The van der Waals surface area contributed by atoms with Crippen LogP contribution in [0.4, 0.5) is 0 Å². The highest BCUT2D eigenvalue weighted by Gasteiger charge is 2.17. The quantitative estimate of drug-likeness (QED) is 0.661. The van der Waals surface area contributed by atoms with Crippen molar-refractivity contribution in [2.24, 2.45) is 0 Å². The molecule has 1 nitrogen and oxygen atoms in total. The number of hydrogen-bond donors (Lipinski definition) is 1. The van der Waals surface area contributed by atoms with Crippen molar-refractivity contribution >= 4 is 48.7 Å². The summed E-state index contributed by atoms with van der Waals surface area (Å²) in [5, 5.41) is 9.26. The molecule has 0 spiro atoms. The fourth-order valence-corrected chi connectivity index (χ4v) is 4.77. The molecule has 1 aromatic carbocycles. The summed E-state index contributed by atoms with van der Waals surface area (Å²) in [6, 6.07) is 11.3. The first-order chi connectivity index (χ1) is 9.29. The molecule has 1 atom stereocenters. The third-order valence-electron chi connectivity index (χ3n) is 3.10. The monoisotopic (exact) mass is 351 g/mol. The molecule has 0 fully saturated rings. The average molecular weight is 352 g/mol. The van der Waals surface area contributed by atoms with Gasteiger partial charge in [-0.3, -0.25) is 0 Å². The Morgan fingerprint density at radius 2 is 2.16 bits per heavy atom. The van der Waals surface area contributed by atoms with Crippen molar-refractivity contribution in [1.29, 1.82) is 0 Å². The number of nitrogens with one attached hydrogen (secondary N) is 1. The van der Waals surface area contributed by atoms with Crippen molar-refractivity contribution in [3.8, 4) is 0 Å². The lowest BCUT2D eigenvalue weighted by atomic mass is 10.0. The van der Waals surface area contributed by atoms with Crippen LogP contribution in [0.15, 0.2) is 45.6 Å². The number of fused-ring (bicyclic) bond motifs is 1. The van der Waals surface area contributed by atoms with Gasteiger partial charge in [-0.2, -0.15) is 0 Å². The minimum Gasteiger partial charge on any atom is -0.306 e. The molecule has 4 heteroatoms. The van der Waals surface area contributed by atoms with E-state index in [1.807, 2.05) is 11.3 Å². The third-order valence-corrected chi connectivity index (χ3v) is 5.84. The molecule has 1 N–H and O–H groups in total. The van der Waals surface area contributed by atoms with E-state index in [1.54, 1.807) is 11.3 Å². The molecule has 0 radical (unpaired) electrons. The van der Waals surface area contributed by atoms with Crippen LogP contribution in [0.1, 0.15) is 23.4 Å². The number of halogens is 1. The first kappa shape index (κ1) is 13.3. The minimum absolute atomic E-state index is 0.281. The highest BCUT2D eigenvalue weighted by Crippen LogP contribution is 2.35. The van der Waals surface area contributed by atoms with Gasteiger partial charge in [0.2, 0.25) is 0 Å². The van der Waals surface area contributed by atoms with Crippen molar-refractivity contribution in [3.63, 3.8) is 0 Å². The van der Waals surface area contributed by atoms with Crippen molar-refractivity contribution in [1.82, 2.24) is 5.32 Å². The van der Waals surface area contributed by atoms with Gasteiger partial charge >= 0.3 is 0 Å². The maximum absolute atomic E-state index is 3.61. The first-order valence-corrected chi connectivity index (χ1v) is 8.78. The lowest BCUT2D eigenvalue weighted by molar-refractivity contribution is 0.644. The van der Waals surface area contributed by atoms with E-state index in [1.165, 1.54) is 20.5 Å². The van der Waals surface area contributed by atoms with E-state index in [4.69, 9.17) is 0 Å². The topological polar surface area (TPSA) is 12.0 Å². The molecule has 3 rings (SSSR count). The molecule has 0 aliphatic rings. The first-order valence-electron chi connectivity index (χ1n) is 6.23. The van der Waals surface area contributed by atoms with Crippen LogP contribution in [0.25, 0.3) is 10.1 Å². The van der Waals surface area contributed by atoms with Gasteiger partial charge < -0.3 is 5.32 Å². The molecule has 0 bridgehead atoms. The van der Waals surface area contributed by atoms with Crippen molar-refractivity contribution < 1.29 is 0 Å².